The van der Waals surface area contributed by atoms with Gasteiger partial charge in [0, 0.05) is 12.6 Å². The number of nitrogens with one attached hydrogen (secondary N) is 1. The van der Waals surface area contributed by atoms with E-state index < -0.39 is 16.1 Å². The van der Waals surface area contributed by atoms with Crippen molar-refractivity contribution < 1.29 is 18.3 Å². The molecule has 5 nitrogen and oxygen atoms in total. The second-order valence-electron chi connectivity index (χ2n) is 4.87. The van der Waals surface area contributed by atoms with E-state index in [9.17, 15) is 13.5 Å². The highest BCUT2D eigenvalue weighted by atomic mass is 32.2. The molecule has 0 aromatic heterocycles. The zero-order valence-corrected chi connectivity index (χ0v) is 13.1. The summed E-state index contributed by atoms with van der Waals surface area (Å²) in [5, 5.41) is 9.96. The number of sulfonamides is 1. The SMILES string of the molecule is COc1cccc(S(=O)(=O)NCC(O)Cc2ccccc2)c1. The van der Waals surface area contributed by atoms with E-state index in [0.717, 1.165) is 5.56 Å². The van der Waals surface area contributed by atoms with Crippen LogP contribution in [0.15, 0.2) is 59.5 Å². The van der Waals surface area contributed by atoms with Crippen molar-refractivity contribution in [2.45, 2.75) is 17.4 Å². The average Bonchev–Trinajstić information content (AvgIpc) is 2.54. The fourth-order valence-corrected chi connectivity index (χ4v) is 3.12. The minimum atomic E-state index is -3.67. The summed E-state index contributed by atoms with van der Waals surface area (Å²) >= 11 is 0. The van der Waals surface area contributed by atoms with Gasteiger partial charge in [-0.2, -0.15) is 0 Å². The average molecular weight is 321 g/mol. The van der Waals surface area contributed by atoms with Crippen LogP contribution in [-0.2, 0) is 16.4 Å². The molecule has 0 radical (unpaired) electrons. The van der Waals surface area contributed by atoms with Gasteiger partial charge in [-0.15, -0.1) is 0 Å². The maximum atomic E-state index is 12.2. The Morgan fingerprint density at radius 2 is 1.86 bits per heavy atom. The van der Waals surface area contributed by atoms with Crippen LogP contribution in [0.25, 0.3) is 0 Å². The molecule has 2 aromatic carbocycles. The van der Waals surface area contributed by atoms with Crippen molar-refractivity contribution in [1.29, 1.82) is 0 Å². The summed E-state index contributed by atoms with van der Waals surface area (Å²) in [5.74, 6) is 0.465. The summed E-state index contributed by atoms with van der Waals surface area (Å²) in [6.07, 6.45) is -0.399. The number of hydrogen-bond acceptors (Lipinski definition) is 4. The van der Waals surface area contributed by atoms with E-state index in [2.05, 4.69) is 4.72 Å². The topological polar surface area (TPSA) is 75.6 Å². The number of aliphatic hydroxyl groups excluding tert-OH is 1. The lowest BCUT2D eigenvalue weighted by Gasteiger charge is -2.13. The molecule has 0 saturated heterocycles. The van der Waals surface area contributed by atoms with Crippen LogP contribution in [-0.4, -0.2) is 33.3 Å². The van der Waals surface area contributed by atoms with Crippen molar-refractivity contribution in [2.24, 2.45) is 0 Å². The first-order chi connectivity index (χ1) is 10.5. The Labute approximate surface area is 130 Å². The lowest BCUT2D eigenvalue weighted by atomic mass is 10.1. The predicted octanol–water partition coefficient (Wildman–Crippen LogP) is 1.58. The monoisotopic (exact) mass is 321 g/mol. The molecule has 0 aliphatic rings. The third-order valence-electron chi connectivity index (χ3n) is 3.17. The molecule has 0 aliphatic carbocycles. The highest BCUT2D eigenvalue weighted by Crippen LogP contribution is 2.16. The van der Waals surface area contributed by atoms with Crippen LogP contribution in [0.2, 0.25) is 0 Å². The molecular formula is C16H19NO4S. The van der Waals surface area contributed by atoms with Crippen LogP contribution in [0.5, 0.6) is 5.75 Å². The van der Waals surface area contributed by atoms with Gasteiger partial charge < -0.3 is 9.84 Å². The van der Waals surface area contributed by atoms with Gasteiger partial charge in [0.2, 0.25) is 10.0 Å². The Bertz CT molecular complexity index is 701. The van der Waals surface area contributed by atoms with Crippen LogP contribution in [0.3, 0.4) is 0 Å². The van der Waals surface area contributed by atoms with Crippen LogP contribution >= 0.6 is 0 Å². The number of ether oxygens (including phenoxy) is 1. The zero-order chi connectivity index (χ0) is 16.0. The van der Waals surface area contributed by atoms with Crippen molar-refractivity contribution in [3.8, 4) is 5.75 Å². The fourth-order valence-electron chi connectivity index (χ4n) is 2.02. The number of hydrogen-bond donors (Lipinski definition) is 2. The minimum Gasteiger partial charge on any atom is -0.497 e. The molecule has 0 heterocycles. The van der Waals surface area contributed by atoms with Crippen LogP contribution in [0.4, 0.5) is 0 Å². The summed E-state index contributed by atoms with van der Waals surface area (Å²) in [6, 6.07) is 15.6. The number of aliphatic hydroxyl groups is 1. The highest BCUT2D eigenvalue weighted by Gasteiger charge is 2.16. The van der Waals surface area contributed by atoms with E-state index >= 15 is 0 Å². The van der Waals surface area contributed by atoms with Gasteiger partial charge in [-0.05, 0) is 24.1 Å². The van der Waals surface area contributed by atoms with Crippen molar-refractivity contribution in [3.05, 3.63) is 60.2 Å². The third-order valence-corrected chi connectivity index (χ3v) is 4.60. The molecule has 1 unspecified atom stereocenters. The van der Waals surface area contributed by atoms with Crippen LogP contribution < -0.4 is 9.46 Å². The van der Waals surface area contributed by atoms with E-state index in [4.69, 9.17) is 4.74 Å². The van der Waals surface area contributed by atoms with Gasteiger partial charge >= 0.3 is 0 Å². The highest BCUT2D eigenvalue weighted by molar-refractivity contribution is 7.89. The smallest absolute Gasteiger partial charge is 0.240 e. The van der Waals surface area contributed by atoms with E-state index in [-0.39, 0.29) is 11.4 Å². The summed E-state index contributed by atoms with van der Waals surface area (Å²) in [7, 11) is -2.20. The molecule has 0 fully saturated rings. The number of rotatable bonds is 7. The van der Waals surface area contributed by atoms with Crippen LogP contribution in [0, 0.1) is 0 Å². The van der Waals surface area contributed by atoms with E-state index in [0.29, 0.717) is 12.2 Å². The van der Waals surface area contributed by atoms with Gasteiger partial charge in [-0.1, -0.05) is 36.4 Å². The summed E-state index contributed by atoms with van der Waals surface area (Å²) in [4.78, 5) is 0.110. The first kappa shape index (κ1) is 16.5. The molecule has 0 saturated carbocycles. The molecule has 2 rings (SSSR count). The second kappa shape index (κ2) is 7.40. The maximum absolute atomic E-state index is 12.2. The van der Waals surface area contributed by atoms with Gasteiger partial charge in [0.05, 0.1) is 18.1 Å². The molecule has 0 aliphatic heterocycles. The van der Waals surface area contributed by atoms with E-state index in [1.807, 2.05) is 30.3 Å². The zero-order valence-electron chi connectivity index (χ0n) is 12.3. The fraction of sp³-hybridized carbons (Fsp3) is 0.250. The first-order valence-electron chi connectivity index (χ1n) is 6.87. The summed E-state index contributed by atoms with van der Waals surface area (Å²) < 4.78 is 31.8. The largest absolute Gasteiger partial charge is 0.497 e. The van der Waals surface area contributed by atoms with Gasteiger partial charge in [-0.25, -0.2) is 13.1 Å². The van der Waals surface area contributed by atoms with Gasteiger partial charge in [-0.3, -0.25) is 0 Å². The molecule has 0 spiro atoms. The summed E-state index contributed by atoms with van der Waals surface area (Å²) in [6.45, 7) is -0.0472. The minimum absolute atomic E-state index is 0.0472. The molecular weight excluding hydrogens is 302 g/mol. The molecule has 1 atom stereocenters. The lowest BCUT2D eigenvalue weighted by Crippen LogP contribution is -2.33. The molecule has 6 heteroatoms. The van der Waals surface area contributed by atoms with Crippen LogP contribution in [0.1, 0.15) is 5.56 Å². The Morgan fingerprint density at radius 3 is 2.55 bits per heavy atom. The normalized spacial score (nSPS) is 12.8. The Hall–Kier alpha value is -1.89. The second-order valence-corrected chi connectivity index (χ2v) is 6.64. The maximum Gasteiger partial charge on any atom is 0.240 e. The molecule has 0 amide bonds. The Balaban J connectivity index is 1.97. The van der Waals surface area contributed by atoms with Crippen molar-refractivity contribution in [1.82, 2.24) is 4.72 Å². The van der Waals surface area contributed by atoms with E-state index in [1.54, 1.807) is 12.1 Å². The Kier molecular flexibility index (Phi) is 5.54. The van der Waals surface area contributed by atoms with Crippen molar-refractivity contribution >= 4 is 10.0 Å². The number of methoxy groups -OCH3 is 1. The quantitative estimate of drug-likeness (QED) is 0.812. The lowest BCUT2D eigenvalue weighted by molar-refractivity contribution is 0.179. The van der Waals surface area contributed by atoms with Gasteiger partial charge in [0.1, 0.15) is 5.75 Å². The van der Waals surface area contributed by atoms with Crippen molar-refractivity contribution in [2.75, 3.05) is 13.7 Å². The molecule has 2 N–H and O–H groups in total. The number of benzene rings is 2. The van der Waals surface area contributed by atoms with Gasteiger partial charge in [0.15, 0.2) is 0 Å². The Morgan fingerprint density at radius 1 is 1.14 bits per heavy atom. The molecule has 2 aromatic rings. The summed E-state index contributed by atoms with van der Waals surface area (Å²) in [5.41, 5.74) is 0.954. The first-order valence-corrected chi connectivity index (χ1v) is 8.35. The molecule has 22 heavy (non-hydrogen) atoms. The van der Waals surface area contributed by atoms with Crippen molar-refractivity contribution in [3.63, 3.8) is 0 Å². The van der Waals surface area contributed by atoms with Gasteiger partial charge in [0.25, 0.3) is 0 Å². The molecule has 118 valence electrons. The molecule has 0 bridgehead atoms. The standard InChI is InChI=1S/C16H19NO4S/c1-21-15-8-5-9-16(11-15)22(19,20)17-12-14(18)10-13-6-3-2-4-7-13/h2-9,11,14,17-18H,10,12H2,1H3. The van der Waals surface area contributed by atoms with E-state index in [1.165, 1.54) is 19.2 Å². The predicted molar refractivity (Wildman–Crippen MR) is 84.3 cm³/mol. The third kappa shape index (κ3) is 4.56.